The Kier molecular flexibility index (Phi) is 5.89. The average molecular weight is 386 g/mol. The predicted octanol–water partition coefficient (Wildman–Crippen LogP) is 5.35. The second-order valence-corrected chi connectivity index (χ2v) is 6.83. The molecule has 0 N–H and O–H groups in total. The molecule has 0 saturated carbocycles. The van der Waals surface area contributed by atoms with Crippen molar-refractivity contribution in [2.45, 2.75) is 0 Å². The first kappa shape index (κ1) is 18.7. The third-order valence-electron chi connectivity index (χ3n) is 3.51. The summed E-state index contributed by atoms with van der Waals surface area (Å²) in [7, 11) is -0.891. The fourth-order valence-electron chi connectivity index (χ4n) is 2.20. The Bertz CT molecular complexity index is 841. The molecule has 0 aromatic heterocycles. The van der Waals surface area contributed by atoms with Gasteiger partial charge in [0.15, 0.2) is 0 Å². The monoisotopic (exact) mass is 386 g/mol. The fourth-order valence-corrected chi connectivity index (χ4v) is 3.45. The zero-order chi connectivity index (χ0) is 19.1. The molecule has 0 atom stereocenters. The molecule has 0 aliphatic heterocycles. The molecule has 27 heavy (non-hydrogen) atoms. The van der Waals surface area contributed by atoms with Gasteiger partial charge in [-0.05, 0) is 60.7 Å². The van der Waals surface area contributed by atoms with E-state index in [1.165, 1.54) is 0 Å². The van der Waals surface area contributed by atoms with E-state index in [1.54, 1.807) is 87.0 Å². The highest BCUT2D eigenvalue weighted by atomic mass is 31.2. The van der Waals surface area contributed by atoms with Crippen molar-refractivity contribution in [3.8, 4) is 28.7 Å². The van der Waals surface area contributed by atoms with E-state index in [4.69, 9.17) is 23.0 Å². The number of para-hydroxylation sites is 1. The lowest BCUT2D eigenvalue weighted by Gasteiger charge is -2.19. The topological polar surface area (TPSA) is 63.2 Å². The first-order valence-corrected chi connectivity index (χ1v) is 9.58. The second-order valence-electron chi connectivity index (χ2n) is 5.39. The molecule has 0 amide bonds. The van der Waals surface area contributed by atoms with Crippen LogP contribution >= 0.6 is 7.82 Å². The Balaban J connectivity index is 1.85. The summed E-state index contributed by atoms with van der Waals surface area (Å²) in [5.41, 5.74) is 0. The van der Waals surface area contributed by atoms with Gasteiger partial charge in [-0.15, -0.1) is 0 Å². The number of phosphoric acid groups is 1. The zero-order valence-electron chi connectivity index (χ0n) is 14.9. The standard InChI is InChI=1S/C20H19O6P/c1-22-16-8-12-19(13-9-16)25-27(21,24-18-6-4-3-5-7-18)26-20-14-10-17(23-2)11-15-20/h3-15H,1-2H3. The van der Waals surface area contributed by atoms with E-state index in [0.29, 0.717) is 28.7 Å². The predicted molar refractivity (Wildman–Crippen MR) is 102 cm³/mol. The molecular formula is C20H19O6P. The molecule has 0 heterocycles. The van der Waals surface area contributed by atoms with Crippen LogP contribution in [0, 0.1) is 0 Å². The van der Waals surface area contributed by atoms with Crippen LogP contribution in [-0.4, -0.2) is 14.2 Å². The van der Waals surface area contributed by atoms with Gasteiger partial charge in [-0.3, -0.25) is 0 Å². The van der Waals surface area contributed by atoms with Crippen molar-refractivity contribution in [2.75, 3.05) is 14.2 Å². The Hall–Kier alpha value is -3.11. The van der Waals surface area contributed by atoms with Crippen molar-refractivity contribution in [1.82, 2.24) is 0 Å². The normalized spacial score (nSPS) is 10.7. The quantitative estimate of drug-likeness (QED) is 0.487. The summed E-state index contributed by atoms with van der Waals surface area (Å²) < 4.78 is 40.3. The maximum atomic E-state index is 13.3. The molecule has 0 bridgehead atoms. The van der Waals surface area contributed by atoms with E-state index in [2.05, 4.69) is 0 Å². The molecule has 0 fully saturated rings. The van der Waals surface area contributed by atoms with Crippen LogP contribution in [0.3, 0.4) is 0 Å². The number of methoxy groups -OCH3 is 2. The largest absolute Gasteiger partial charge is 0.647 e. The molecule has 0 spiro atoms. The molecule has 3 aromatic carbocycles. The van der Waals surface area contributed by atoms with Gasteiger partial charge in [0.25, 0.3) is 0 Å². The minimum Gasteiger partial charge on any atom is -0.497 e. The highest BCUT2D eigenvalue weighted by Gasteiger charge is 2.33. The van der Waals surface area contributed by atoms with E-state index in [-0.39, 0.29) is 0 Å². The zero-order valence-corrected chi connectivity index (χ0v) is 15.8. The van der Waals surface area contributed by atoms with Gasteiger partial charge in [0.1, 0.15) is 28.7 Å². The molecule has 0 saturated heterocycles. The SMILES string of the molecule is COc1ccc(OP(=O)(Oc2ccccc2)Oc2ccc(OC)cc2)cc1. The Morgan fingerprint density at radius 3 is 1.22 bits per heavy atom. The van der Waals surface area contributed by atoms with Gasteiger partial charge in [-0.25, -0.2) is 0 Å². The van der Waals surface area contributed by atoms with E-state index in [9.17, 15) is 4.57 Å². The highest BCUT2D eigenvalue weighted by molar-refractivity contribution is 7.49. The van der Waals surface area contributed by atoms with Crippen molar-refractivity contribution < 1.29 is 27.6 Å². The lowest BCUT2D eigenvalue weighted by molar-refractivity contribution is 0.298. The molecular weight excluding hydrogens is 367 g/mol. The van der Waals surface area contributed by atoms with E-state index in [1.807, 2.05) is 6.07 Å². The van der Waals surface area contributed by atoms with Crippen LogP contribution in [0.5, 0.6) is 28.7 Å². The van der Waals surface area contributed by atoms with E-state index in [0.717, 1.165) is 0 Å². The summed E-state index contributed by atoms with van der Waals surface area (Å²) in [6.45, 7) is 0. The summed E-state index contributed by atoms with van der Waals surface area (Å²) >= 11 is 0. The van der Waals surface area contributed by atoms with Crippen LogP contribution in [0.15, 0.2) is 78.9 Å². The number of benzene rings is 3. The molecule has 3 rings (SSSR count). The van der Waals surface area contributed by atoms with E-state index >= 15 is 0 Å². The summed E-state index contributed by atoms with van der Waals surface area (Å²) in [6, 6.07) is 21.9. The summed E-state index contributed by atoms with van der Waals surface area (Å²) in [6.07, 6.45) is 0. The number of ether oxygens (including phenoxy) is 2. The van der Waals surface area contributed by atoms with Gasteiger partial charge in [0.2, 0.25) is 0 Å². The van der Waals surface area contributed by atoms with Gasteiger partial charge in [0.05, 0.1) is 14.2 Å². The summed E-state index contributed by atoms with van der Waals surface area (Å²) in [5.74, 6) is 2.31. The van der Waals surface area contributed by atoms with Gasteiger partial charge >= 0.3 is 7.82 Å². The first-order chi connectivity index (χ1) is 13.1. The lowest BCUT2D eigenvalue weighted by atomic mass is 10.3. The third-order valence-corrected chi connectivity index (χ3v) is 4.82. The Morgan fingerprint density at radius 1 is 0.519 bits per heavy atom. The lowest BCUT2D eigenvalue weighted by Crippen LogP contribution is -2.07. The van der Waals surface area contributed by atoms with Crippen molar-refractivity contribution in [2.24, 2.45) is 0 Å². The smallest absolute Gasteiger partial charge is 0.497 e. The molecule has 140 valence electrons. The van der Waals surface area contributed by atoms with Crippen molar-refractivity contribution in [1.29, 1.82) is 0 Å². The Morgan fingerprint density at radius 2 is 0.852 bits per heavy atom. The van der Waals surface area contributed by atoms with Crippen LogP contribution in [0.1, 0.15) is 0 Å². The third kappa shape index (κ3) is 5.19. The number of hydrogen-bond donors (Lipinski definition) is 0. The Labute approximate surface area is 157 Å². The minimum absolute atomic E-state index is 0.323. The minimum atomic E-state index is -4.01. The van der Waals surface area contributed by atoms with Crippen molar-refractivity contribution in [3.63, 3.8) is 0 Å². The van der Waals surface area contributed by atoms with E-state index < -0.39 is 7.82 Å². The fraction of sp³-hybridized carbons (Fsp3) is 0.100. The number of rotatable bonds is 8. The number of phosphoric ester groups is 1. The molecule has 0 unspecified atom stereocenters. The van der Waals surface area contributed by atoms with Crippen LogP contribution < -0.4 is 23.0 Å². The van der Waals surface area contributed by atoms with Gasteiger partial charge in [-0.1, -0.05) is 18.2 Å². The van der Waals surface area contributed by atoms with Crippen LogP contribution in [-0.2, 0) is 4.57 Å². The van der Waals surface area contributed by atoms with Gasteiger partial charge in [-0.2, -0.15) is 4.57 Å². The maximum absolute atomic E-state index is 13.3. The average Bonchev–Trinajstić information content (AvgIpc) is 2.69. The molecule has 0 aliphatic rings. The van der Waals surface area contributed by atoms with Crippen LogP contribution in [0.25, 0.3) is 0 Å². The molecule has 0 aliphatic carbocycles. The van der Waals surface area contributed by atoms with Crippen molar-refractivity contribution >= 4 is 7.82 Å². The first-order valence-electron chi connectivity index (χ1n) is 8.12. The van der Waals surface area contributed by atoms with Crippen molar-refractivity contribution in [3.05, 3.63) is 78.9 Å². The molecule has 7 heteroatoms. The molecule has 0 radical (unpaired) electrons. The van der Waals surface area contributed by atoms with Crippen LogP contribution in [0.4, 0.5) is 0 Å². The van der Waals surface area contributed by atoms with Crippen LogP contribution in [0.2, 0.25) is 0 Å². The summed E-state index contributed by atoms with van der Waals surface area (Å²) in [4.78, 5) is 0. The molecule has 6 nitrogen and oxygen atoms in total. The molecule has 3 aromatic rings. The summed E-state index contributed by atoms with van der Waals surface area (Å²) in [5, 5.41) is 0. The second kappa shape index (κ2) is 8.52. The highest BCUT2D eigenvalue weighted by Crippen LogP contribution is 2.50. The number of hydrogen-bond acceptors (Lipinski definition) is 6. The van der Waals surface area contributed by atoms with Gasteiger partial charge < -0.3 is 23.0 Å². The maximum Gasteiger partial charge on any atom is 0.647 e. The van der Waals surface area contributed by atoms with Gasteiger partial charge in [0, 0.05) is 0 Å².